The SMILES string of the molecule is COC(=O)c1cc([N+](=O)[O-])ccc1N1C[C@@H](C)O[C@@H](C)C1. The molecular weight excluding hydrogens is 276 g/mol. The summed E-state index contributed by atoms with van der Waals surface area (Å²) in [4.78, 5) is 24.3. The molecule has 0 unspecified atom stereocenters. The fraction of sp³-hybridized carbons (Fsp3) is 0.500. The molecule has 0 saturated carbocycles. The molecule has 21 heavy (non-hydrogen) atoms. The van der Waals surface area contributed by atoms with E-state index < -0.39 is 10.9 Å². The van der Waals surface area contributed by atoms with E-state index in [0.29, 0.717) is 18.8 Å². The van der Waals surface area contributed by atoms with Gasteiger partial charge in [0.25, 0.3) is 5.69 Å². The first kappa shape index (κ1) is 15.2. The molecule has 1 aliphatic heterocycles. The number of esters is 1. The number of hydrogen-bond donors (Lipinski definition) is 0. The predicted octanol–water partition coefficient (Wildman–Crippen LogP) is 2.00. The van der Waals surface area contributed by atoms with Crippen molar-refractivity contribution in [3.63, 3.8) is 0 Å². The van der Waals surface area contributed by atoms with Gasteiger partial charge in [0.05, 0.1) is 35.5 Å². The van der Waals surface area contributed by atoms with Crippen LogP contribution in [0.15, 0.2) is 18.2 Å². The highest BCUT2D eigenvalue weighted by atomic mass is 16.6. The van der Waals surface area contributed by atoms with Gasteiger partial charge in [-0.15, -0.1) is 0 Å². The Kier molecular flexibility index (Phi) is 4.42. The van der Waals surface area contributed by atoms with Crippen LogP contribution < -0.4 is 4.90 Å². The van der Waals surface area contributed by atoms with Gasteiger partial charge in [-0.2, -0.15) is 0 Å². The van der Waals surface area contributed by atoms with E-state index >= 15 is 0 Å². The van der Waals surface area contributed by atoms with Crippen LogP contribution in [0.5, 0.6) is 0 Å². The fourth-order valence-corrected chi connectivity index (χ4v) is 2.56. The van der Waals surface area contributed by atoms with E-state index in [1.54, 1.807) is 6.07 Å². The van der Waals surface area contributed by atoms with E-state index in [4.69, 9.17) is 9.47 Å². The number of hydrogen-bond acceptors (Lipinski definition) is 6. The van der Waals surface area contributed by atoms with Gasteiger partial charge in [-0.3, -0.25) is 10.1 Å². The molecule has 0 aromatic heterocycles. The lowest BCUT2D eigenvalue weighted by molar-refractivity contribution is -0.384. The molecule has 2 atom stereocenters. The largest absolute Gasteiger partial charge is 0.465 e. The molecule has 2 rings (SSSR count). The zero-order valence-corrected chi connectivity index (χ0v) is 12.2. The summed E-state index contributed by atoms with van der Waals surface area (Å²) in [6.45, 7) is 5.13. The van der Waals surface area contributed by atoms with Crippen LogP contribution in [0, 0.1) is 10.1 Å². The van der Waals surface area contributed by atoms with Crippen molar-refractivity contribution in [3.8, 4) is 0 Å². The molecular formula is C14H18N2O5. The van der Waals surface area contributed by atoms with Crippen molar-refractivity contribution >= 4 is 17.3 Å². The van der Waals surface area contributed by atoms with Gasteiger partial charge >= 0.3 is 5.97 Å². The number of non-ortho nitro benzene ring substituents is 1. The summed E-state index contributed by atoms with van der Waals surface area (Å²) in [7, 11) is 1.26. The van der Waals surface area contributed by atoms with E-state index in [2.05, 4.69) is 0 Å². The van der Waals surface area contributed by atoms with Crippen molar-refractivity contribution in [1.82, 2.24) is 0 Å². The molecule has 0 radical (unpaired) electrons. The highest BCUT2D eigenvalue weighted by molar-refractivity contribution is 5.96. The number of rotatable bonds is 3. The Morgan fingerprint density at radius 1 is 1.38 bits per heavy atom. The summed E-state index contributed by atoms with van der Waals surface area (Å²) in [5.41, 5.74) is 0.705. The van der Waals surface area contributed by atoms with Gasteiger partial charge in [-0.1, -0.05) is 0 Å². The zero-order valence-electron chi connectivity index (χ0n) is 12.2. The second kappa shape index (κ2) is 6.09. The Morgan fingerprint density at radius 2 is 2.00 bits per heavy atom. The molecule has 1 fully saturated rings. The minimum atomic E-state index is -0.583. The molecule has 0 amide bonds. The number of nitrogens with zero attached hydrogens (tertiary/aromatic N) is 2. The molecule has 1 aromatic rings. The van der Waals surface area contributed by atoms with Crippen LogP contribution in [-0.2, 0) is 9.47 Å². The summed E-state index contributed by atoms with van der Waals surface area (Å²) < 4.78 is 10.4. The van der Waals surface area contributed by atoms with E-state index in [0.717, 1.165) is 0 Å². The van der Waals surface area contributed by atoms with Gasteiger partial charge in [-0.05, 0) is 19.9 Å². The predicted molar refractivity (Wildman–Crippen MR) is 76.7 cm³/mol. The number of ether oxygens (including phenoxy) is 2. The quantitative estimate of drug-likeness (QED) is 0.482. The van der Waals surface area contributed by atoms with Crippen LogP contribution in [-0.4, -0.2) is 43.3 Å². The van der Waals surface area contributed by atoms with Crippen molar-refractivity contribution in [2.24, 2.45) is 0 Å². The Balaban J connectivity index is 2.42. The van der Waals surface area contributed by atoms with Crippen molar-refractivity contribution in [3.05, 3.63) is 33.9 Å². The summed E-state index contributed by atoms with van der Waals surface area (Å²) in [6, 6.07) is 4.24. The first-order valence-corrected chi connectivity index (χ1v) is 6.69. The van der Waals surface area contributed by atoms with E-state index in [1.807, 2.05) is 18.7 Å². The normalized spacial score (nSPS) is 22.0. The molecule has 0 spiro atoms. The van der Waals surface area contributed by atoms with Gasteiger partial charge in [0.1, 0.15) is 0 Å². The van der Waals surface area contributed by atoms with Crippen molar-refractivity contribution in [1.29, 1.82) is 0 Å². The Bertz CT molecular complexity index is 550. The standard InChI is InChI=1S/C14H18N2O5/c1-9-7-15(8-10(2)21-9)13-5-4-11(16(18)19)6-12(13)14(17)20-3/h4-6,9-10H,7-8H2,1-3H3/t9-,10+. The Labute approximate surface area is 122 Å². The van der Waals surface area contributed by atoms with Gasteiger partial charge in [0, 0.05) is 25.2 Å². The number of nitro groups is 1. The smallest absolute Gasteiger partial charge is 0.340 e. The number of nitro benzene ring substituents is 1. The minimum absolute atomic E-state index is 0.0226. The van der Waals surface area contributed by atoms with E-state index in [1.165, 1.54) is 19.2 Å². The first-order chi connectivity index (χ1) is 9.92. The molecule has 0 N–H and O–H groups in total. The molecule has 0 aliphatic carbocycles. The maximum absolute atomic E-state index is 11.9. The molecule has 1 heterocycles. The highest BCUT2D eigenvalue weighted by Crippen LogP contribution is 2.28. The second-order valence-corrected chi connectivity index (χ2v) is 5.11. The molecule has 7 nitrogen and oxygen atoms in total. The van der Waals surface area contributed by atoms with Crippen LogP contribution >= 0.6 is 0 Å². The molecule has 1 saturated heterocycles. The summed E-state index contributed by atoms with van der Waals surface area (Å²) in [5, 5.41) is 10.9. The Morgan fingerprint density at radius 3 is 2.52 bits per heavy atom. The van der Waals surface area contributed by atoms with Crippen LogP contribution in [0.25, 0.3) is 0 Å². The third kappa shape index (κ3) is 3.30. The number of methoxy groups -OCH3 is 1. The van der Waals surface area contributed by atoms with E-state index in [-0.39, 0.29) is 23.5 Å². The maximum atomic E-state index is 11.9. The van der Waals surface area contributed by atoms with Gasteiger partial charge in [0.2, 0.25) is 0 Å². The van der Waals surface area contributed by atoms with Gasteiger partial charge < -0.3 is 14.4 Å². The average molecular weight is 294 g/mol. The lowest BCUT2D eigenvalue weighted by Gasteiger charge is -2.37. The van der Waals surface area contributed by atoms with E-state index in [9.17, 15) is 14.9 Å². The summed E-state index contributed by atoms with van der Waals surface area (Å²) in [5.74, 6) is -0.583. The summed E-state index contributed by atoms with van der Waals surface area (Å²) in [6.07, 6.45) is 0.0453. The molecule has 0 bridgehead atoms. The molecule has 1 aromatic carbocycles. The van der Waals surface area contributed by atoms with Gasteiger partial charge in [0.15, 0.2) is 0 Å². The van der Waals surface area contributed by atoms with Crippen LogP contribution in [0.4, 0.5) is 11.4 Å². The Hall–Kier alpha value is -2.15. The van der Waals surface area contributed by atoms with Gasteiger partial charge in [-0.25, -0.2) is 4.79 Å². The van der Waals surface area contributed by atoms with Crippen molar-refractivity contribution in [2.75, 3.05) is 25.1 Å². The number of morpholine rings is 1. The monoisotopic (exact) mass is 294 g/mol. The second-order valence-electron chi connectivity index (χ2n) is 5.11. The molecule has 1 aliphatic rings. The number of anilines is 1. The number of carbonyl (C=O) groups is 1. The van der Waals surface area contributed by atoms with Crippen LogP contribution in [0.1, 0.15) is 24.2 Å². The first-order valence-electron chi connectivity index (χ1n) is 6.69. The lowest BCUT2D eigenvalue weighted by Crippen LogP contribution is -2.46. The average Bonchev–Trinajstić information content (AvgIpc) is 2.44. The minimum Gasteiger partial charge on any atom is -0.465 e. The van der Waals surface area contributed by atoms with Crippen LogP contribution in [0.2, 0.25) is 0 Å². The molecule has 114 valence electrons. The number of carbonyl (C=O) groups excluding carboxylic acids is 1. The number of benzene rings is 1. The van der Waals surface area contributed by atoms with Crippen molar-refractivity contribution in [2.45, 2.75) is 26.1 Å². The lowest BCUT2D eigenvalue weighted by atomic mass is 10.1. The summed E-state index contributed by atoms with van der Waals surface area (Å²) >= 11 is 0. The highest BCUT2D eigenvalue weighted by Gasteiger charge is 2.27. The third-order valence-electron chi connectivity index (χ3n) is 3.36. The zero-order chi connectivity index (χ0) is 15.6. The maximum Gasteiger partial charge on any atom is 0.340 e. The fourth-order valence-electron chi connectivity index (χ4n) is 2.56. The third-order valence-corrected chi connectivity index (χ3v) is 3.36. The van der Waals surface area contributed by atoms with Crippen LogP contribution in [0.3, 0.4) is 0 Å². The van der Waals surface area contributed by atoms with Crippen molar-refractivity contribution < 1.29 is 19.2 Å². The molecule has 7 heteroatoms. The topological polar surface area (TPSA) is 81.9 Å².